The van der Waals surface area contributed by atoms with E-state index >= 15 is 0 Å². The van der Waals surface area contributed by atoms with Crippen LogP contribution in [-0.4, -0.2) is 34.3 Å². The molecule has 0 atom stereocenters. The second kappa shape index (κ2) is 10.4. The van der Waals surface area contributed by atoms with Gasteiger partial charge in [-0.15, -0.1) is 11.3 Å². The Balaban J connectivity index is 1.43. The van der Waals surface area contributed by atoms with Gasteiger partial charge in [0.05, 0.1) is 6.54 Å². The number of nitrogens with zero attached hydrogens (tertiary/aromatic N) is 2. The molecule has 0 aliphatic heterocycles. The summed E-state index contributed by atoms with van der Waals surface area (Å²) >= 11 is 1.58. The minimum atomic E-state index is -0.306. The topological polar surface area (TPSA) is 52.7 Å². The van der Waals surface area contributed by atoms with Crippen LogP contribution in [0.15, 0.2) is 72.1 Å². The van der Waals surface area contributed by atoms with Gasteiger partial charge in [0.15, 0.2) is 0 Å². The molecule has 32 heavy (non-hydrogen) atoms. The van der Waals surface area contributed by atoms with E-state index in [1.54, 1.807) is 33.3 Å². The first-order chi connectivity index (χ1) is 15.6. The molecule has 1 aliphatic carbocycles. The normalized spacial score (nSPS) is 12.9. The lowest BCUT2D eigenvalue weighted by Gasteiger charge is -2.28. The number of rotatable bonds is 9. The summed E-state index contributed by atoms with van der Waals surface area (Å²) in [5, 5.41) is 4.92. The van der Waals surface area contributed by atoms with E-state index in [9.17, 15) is 14.0 Å². The van der Waals surface area contributed by atoms with Gasteiger partial charge in [0, 0.05) is 24.0 Å². The summed E-state index contributed by atoms with van der Waals surface area (Å²) in [5.74, 6) is -0.427. The average Bonchev–Trinajstić information content (AvgIpc) is 3.52. The SMILES string of the molecule is O=C(CN(C(=O)NCc1ccccc1)C1CC1)N(Cc1ccc(F)cc1)Cc1cccs1. The highest BCUT2D eigenvalue weighted by atomic mass is 32.1. The molecule has 0 spiro atoms. The van der Waals surface area contributed by atoms with E-state index in [4.69, 9.17) is 0 Å². The van der Waals surface area contributed by atoms with Crippen molar-refractivity contribution in [3.8, 4) is 0 Å². The lowest BCUT2D eigenvalue weighted by atomic mass is 10.2. The fourth-order valence-corrected chi connectivity index (χ4v) is 4.23. The van der Waals surface area contributed by atoms with Crippen LogP contribution in [0.25, 0.3) is 0 Å². The predicted octanol–water partition coefficient (Wildman–Crippen LogP) is 4.79. The summed E-state index contributed by atoms with van der Waals surface area (Å²) in [6.45, 7) is 1.27. The van der Waals surface area contributed by atoms with Gasteiger partial charge in [-0.3, -0.25) is 4.79 Å². The van der Waals surface area contributed by atoms with Crippen LogP contribution in [0.2, 0.25) is 0 Å². The zero-order valence-corrected chi connectivity index (χ0v) is 18.6. The van der Waals surface area contributed by atoms with Crippen molar-refractivity contribution < 1.29 is 14.0 Å². The molecular weight excluding hydrogens is 425 g/mol. The number of hydrogen-bond acceptors (Lipinski definition) is 3. The van der Waals surface area contributed by atoms with E-state index in [0.717, 1.165) is 28.8 Å². The molecule has 1 heterocycles. The number of carbonyl (C=O) groups excluding carboxylic acids is 2. The fraction of sp³-hybridized carbons (Fsp3) is 0.280. The number of amides is 3. The Bertz CT molecular complexity index is 1020. The maximum Gasteiger partial charge on any atom is 0.318 e. The summed E-state index contributed by atoms with van der Waals surface area (Å²) in [6.07, 6.45) is 1.82. The van der Waals surface area contributed by atoms with Crippen molar-refractivity contribution in [2.24, 2.45) is 0 Å². The van der Waals surface area contributed by atoms with Crippen LogP contribution in [0.4, 0.5) is 9.18 Å². The molecule has 3 amide bonds. The van der Waals surface area contributed by atoms with Crippen molar-refractivity contribution in [2.75, 3.05) is 6.54 Å². The molecule has 1 aliphatic rings. The van der Waals surface area contributed by atoms with Crippen LogP contribution in [0.3, 0.4) is 0 Å². The second-order valence-corrected chi connectivity index (χ2v) is 8.99. The van der Waals surface area contributed by atoms with Crippen LogP contribution < -0.4 is 5.32 Å². The first-order valence-corrected chi connectivity index (χ1v) is 11.6. The molecule has 2 aromatic carbocycles. The Morgan fingerprint density at radius 1 is 0.938 bits per heavy atom. The van der Waals surface area contributed by atoms with Crippen molar-refractivity contribution in [3.63, 3.8) is 0 Å². The summed E-state index contributed by atoms with van der Waals surface area (Å²) in [4.78, 5) is 30.6. The van der Waals surface area contributed by atoms with Crippen LogP contribution in [0, 0.1) is 5.82 Å². The number of nitrogens with one attached hydrogen (secondary N) is 1. The van der Waals surface area contributed by atoms with Gasteiger partial charge < -0.3 is 15.1 Å². The van der Waals surface area contributed by atoms with Gasteiger partial charge in [0.1, 0.15) is 12.4 Å². The number of hydrogen-bond donors (Lipinski definition) is 1. The Morgan fingerprint density at radius 3 is 2.34 bits per heavy atom. The average molecular weight is 452 g/mol. The molecule has 3 aromatic rings. The van der Waals surface area contributed by atoms with Crippen molar-refractivity contribution in [1.82, 2.24) is 15.1 Å². The van der Waals surface area contributed by atoms with E-state index in [-0.39, 0.29) is 30.3 Å². The molecule has 5 nitrogen and oxygen atoms in total. The highest BCUT2D eigenvalue weighted by molar-refractivity contribution is 7.09. The third-order valence-electron chi connectivity index (χ3n) is 5.41. The van der Waals surface area contributed by atoms with Crippen LogP contribution in [0.5, 0.6) is 0 Å². The first kappa shape index (κ1) is 22.0. The molecular formula is C25H26FN3O2S. The van der Waals surface area contributed by atoms with Crippen LogP contribution in [0.1, 0.15) is 28.8 Å². The van der Waals surface area contributed by atoms with Crippen molar-refractivity contribution in [1.29, 1.82) is 0 Å². The molecule has 0 saturated heterocycles. The zero-order chi connectivity index (χ0) is 22.3. The molecule has 7 heteroatoms. The summed E-state index contributed by atoms with van der Waals surface area (Å²) in [6, 6.07) is 19.7. The third kappa shape index (κ3) is 6.17. The van der Waals surface area contributed by atoms with Crippen LogP contribution in [-0.2, 0) is 24.4 Å². The molecule has 1 saturated carbocycles. The number of urea groups is 1. The largest absolute Gasteiger partial charge is 0.334 e. The van der Waals surface area contributed by atoms with Crippen molar-refractivity contribution in [2.45, 2.75) is 38.5 Å². The van der Waals surface area contributed by atoms with Gasteiger partial charge in [-0.05, 0) is 47.5 Å². The summed E-state index contributed by atoms with van der Waals surface area (Å²) < 4.78 is 13.3. The maximum absolute atomic E-state index is 13.3. The quantitative estimate of drug-likeness (QED) is 0.509. The molecule has 0 unspecified atom stereocenters. The second-order valence-electron chi connectivity index (χ2n) is 7.96. The monoisotopic (exact) mass is 451 g/mol. The fourth-order valence-electron chi connectivity index (χ4n) is 3.51. The van der Waals surface area contributed by atoms with Gasteiger partial charge in [-0.1, -0.05) is 48.5 Å². The minimum absolute atomic E-state index is 0.0257. The number of carbonyl (C=O) groups is 2. The van der Waals surface area contributed by atoms with Gasteiger partial charge in [-0.2, -0.15) is 0 Å². The van der Waals surface area contributed by atoms with E-state index in [1.165, 1.54) is 12.1 Å². The van der Waals surface area contributed by atoms with E-state index in [0.29, 0.717) is 19.6 Å². The molecule has 4 rings (SSSR count). The number of halogens is 1. The Kier molecular flexibility index (Phi) is 7.17. The summed E-state index contributed by atoms with van der Waals surface area (Å²) in [5.41, 5.74) is 1.86. The van der Waals surface area contributed by atoms with Crippen LogP contribution >= 0.6 is 11.3 Å². The molecule has 1 N–H and O–H groups in total. The van der Waals surface area contributed by atoms with Crippen molar-refractivity contribution >= 4 is 23.3 Å². The Morgan fingerprint density at radius 2 is 1.69 bits per heavy atom. The lowest BCUT2D eigenvalue weighted by Crippen LogP contribution is -2.47. The van der Waals surface area contributed by atoms with E-state index < -0.39 is 0 Å². The first-order valence-electron chi connectivity index (χ1n) is 10.7. The zero-order valence-electron chi connectivity index (χ0n) is 17.7. The Hall–Kier alpha value is -3.19. The molecule has 0 bridgehead atoms. The molecule has 1 fully saturated rings. The highest BCUT2D eigenvalue weighted by Gasteiger charge is 2.34. The van der Waals surface area contributed by atoms with Gasteiger partial charge in [0.2, 0.25) is 5.91 Å². The van der Waals surface area contributed by atoms with E-state index in [1.807, 2.05) is 47.8 Å². The molecule has 166 valence electrons. The smallest absolute Gasteiger partial charge is 0.318 e. The minimum Gasteiger partial charge on any atom is -0.334 e. The predicted molar refractivity (Wildman–Crippen MR) is 123 cm³/mol. The Labute approximate surface area is 191 Å². The highest BCUT2D eigenvalue weighted by Crippen LogP contribution is 2.27. The van der Waals surface area contributed by atoms with Crippen molar-refractivity contribution in [3.05, 3.63) is 93.9 Å². The lowest BCUT2D eigenvalue weighted by molar-refractivity contribution is -0.133. The van der Waals surface area contributed by atoms with Gasteiger partial charge in [-0.25, -0.2) is 9.18 Å². The molecule has 1 aromatic heterocycles. The molecule has 0 radical (unpaired) electrons. The van der Waals surface area contributed by atoms with Gasteiger partial charge in [0.25, 0.3) is 0 Å². The number of benzene rings is 2. The third-order valence-corrected chi connectivity index (χ3v) is 6.27. The van der Waals surface area contributed by atoms with Gasteiger partial charge >= 0.3 is 6.03 Å². The van der Waals surface area contributed by atoms with E-state index in [2.05, 4.69) is 5.32 Å². The maximum atomic E-state index is 13.3. The number of thiophene rings is 1. The summed E-state index contributed by atoms with van der Waals surface area (Å²) in [7, 11) is 0. The standard InChI is InChI=1S/C25H26FN3O2S/c26-21-10-8-20(9-11-21)16-28(17-23-7-4-14-32-23)24(30)18-29(22-12-13-22)25(31)27-15-19-5-2-1-3-6-19/h1-11,14,22H,12-13,15-18H2,(H,27,31).